The lowest BCUT2D eigenvalue weighted by atomic mass is 10.1. The zero-order valence-corrected chi connectivity index (χ0v) is 10.3. The molecule has 2 amide bonds. The lowest BCUT2D eigenvalue weighted by molar-refractivity contribution is -0.144. The number of nitrogens with one attached hydrogen (secondary N) is 1. The molecule has 0 atom stereocenters. The third-order valence-corrected chi connectivity index (χ3v) is 3.07. The van der Waals surface area contributed by atoms with Crippen LogP contribution in [0.5, 0.6) is 0 Å². The Hall–Kier alpha value is -1.95. The first-order valence-corrected chi connectivity index (χ1v) is 6.11. The molecule has 1 aromatic rings. The molecule has 0 saturated carbocycles. The fourth-order valence-electron chi connectivity index (χ4n) is 1.95. The predicted molar refractivity (Wildman–Crippen MR) is 66.9 cm³/mol. The van der Waals surface area contributed by atoms with Gasteiger partial charge in [0.1, 0.15) is 5.82 Å². The molecule has 1 aliphatic rings. The van der Waals surface area contributed by atoms with E-state index in [2.05, 4.69) is 5.32 Å². The van der Waals surface area contributed by atoms with Crippen molar-refractivity contribution in [1.82, 2.24) is 4.90 Å². The molecule has 102 valence electrons. The summed E-state index contributed by atoms with van der Waals surface area (Å²) in [6.45, 7) is 0.676. The van der Waals surface area contributed by atoms with Crippen molar-refractivity contribution < 1.29 is 19.1 Å². The second-order valence-electron chi connectivity index (χ2n) is 4.46. The molecule has 1 aromatic carbocycles. The van der Waals surface area contributed by atoms with Crippen LogP contribution in [-0.4, -0.2) is 41.0 Å². The van der Waals surface area contributed by atoms with Gasteiger partial charge in [-0.2, -0.15) is 0 Å². The second-order valence-corrected chi connectivity index (χ2v) is 4.46. The number of carbonyl (C=O) groups excluding carboxylic acids is 2. The van der Waals surface area contributed by atoms with E-state index in [4.69, 9.17) is 0 Å². The maximum Gasteiger partial charge on any atom is 0.313 e. The number of anilines is 1. The van der Waals surface area contributed by atoms with Crippen molar-refractivity contribution in [3.05, 3.63) is 30.1 Å². The van der Waals surface area contributed by atoms with Crippen molar-refractivity contribution in [3.8, 4) is 0 Å². The molecule has 1 aliphatic heterocycles. The molecular formula is C13H15FN2O3. The average Bonchev–Trinajstić information content (AvgIpc) is 2.41. The Balaban J connectivity index is 1.96. The summed E-state index contributed by atoms with van der Waals surface area (Å²) >= 11 is 0. The van der Waals surface area contributed by atoms with Crippen molar-refractivity contribution >= 4 is 17.5 Å². The number of benzene rings is 1. The van der Waals surface area contributed by atoms with Gasteiger partial charge in [-0.3, -0.25) is 9.59 Å². The highest BCUT2D eigenvalue weighted by molar-refractivity contribution is 6.39. The Morgan fingerprint density at radius 3 is 2.53 bits per heavy atom. The molecule has 0 unspecified atom stereocenters. The van der Waals surface area contributed by atoms with Crippen LogP contribution < -0.4 is 5.32 Å². The number of aliphatic hydroxyl groups excluding tert-OH is 1. The Labute approximate surface area is 110 Å². The number of rotatable bonds is 1. The molecule has 1 saturated heterocycles. The number of piperidine rings is 1. The van der Waals surface area contributed by atoms with Crippen LogP contribution in [0.3, 0.4) is 0 Å². The fourth-order valence-corrected chi connectivity index (χ4v) is 1.95. The van der Waals surface area contributed by atoms with E-state index in [0.29, 0.717) is 25.9 Å². The number of nitrogens with zero attached hydrogens (tertiary/aromatic N) is 1. The monoisotopic (exact) mass is 266 g/mol. The number of hydrogen-bond acceptors (Lipinski definition) is 3. The van der Waals surface area contributed by atoms with Crippen LogP contribution in [0, 0.1) is 5.82 Å². The second kappa shape index (κ2) is 5.79. The first-order valence-electron chi connectivity index (χ1n) is 6.11. The minimum absolute atomic E-state index is 0.0158. The highest BCUT2D eigenvalue weighted by atomic mass is 19.1. The van der Waals surface area contributed by atoms with Crippen molar-refractivity contribution in [2.24, 2.45) is 0 Å². The first kappa shape index (κ1) is 13.5. The third-order valence-electron chi connectivity index (χ3n) is 3.07. The largest absolute Gasteiger partial charge is 0.393 e. The molecule has 5 nitrogen and oxygen atoms in total. The van der Waals surface area contributed by atoms with Crippen LogP contribution in [0.15, 0.2) is 24.3 Å². The summed E-state index contributed by atoms with van der Waals surface area (Å²) in [5, 5.41) is 11.6. The van der Waals surface area contributed by atoms with Gasteiger partial charge in [-0.05, 0) is 25.0 Å². The summed E-state index contributed by atoms with van der Waals surface area (Å²) in [6.07, 6.45) is 0.496. The number of amides is 2. The van der Waals surface area contributed by atoms with E-state index in [1.165, 1.54) is 23.1 Å². The Bertz CT molecular complexity index is 485. The molecule has 0 spiro atoms. The van der Waals surface area contributed by atoms with E-state index in [-0.39, 0.29) is 5.69 Å². The Morgan fingerprint density at radius 2 is 1.89 bits per heavy atom. The minimum Gasteiger partial charge on any atom is -0.393 e. The van der Waals surface area contributed by atoms with Crippen LogP contribution in [0.25, 0.3) is 0 Å². The molecule has 2 N–H and O–H groups in total. The summed E-state index contributed by atoms with van der Waals surface area (Å²) in [5.41, 5.74) is -0.0158. The molecule has 0 aliphatic carbocycles. The van der Waals surface area contributed by atoms with Gasteiger partial charge in [0.05, 0.1) is 11.8 Å². The minimum atomic E-state index is -0.860. The molecular weight excluding hydrogens is 251 g/mol. The van der Waals surface area contributed by atoms with E-state index in [9.17, 15) is 19.1 Å². The first-order chi connectivity index (χ1) is 9.08. The highest BCUT2D eigenvalue weighted by Gasteiger charge is 2.26. The van der Waals surface area contributed by atoms with Gasteiger partial charge >= 0.3 is 11.8 Å². The lowest BCUT2D eigenvalue weighted by Gasteiger charge is -2.28. The number of carbonyl (C=O) groups is 2. The van der Waals surface area contributed by atoms with Gasteiger partial charge in [0.25, 0.3) is 0 Å². The summed E-state index contributed by atoms with van der Waals surface area (Å²) in [7, 11) is 0. The highest BCUT2D eigenvalue weighted by Crippen LogP contribution is 2.14. The molecule has 2 rings (SSSR count). The van der Waals surface area contributed by atoms with Crippen LogP contribution in [0.4, 0.5) is 10.1 Å². The Morgan fingerprint density at radius 1 is 1.26 bits per heavy atom. The van der Waals surface area contributed by atoms with Gasteiger partial charge in [0.15, 0.2) is 0 Å². The number of likely N-dealkylation sites (tertiary alicyclic amines) is 1. The molecule has 0 bridgehead atoms. The predicted octanol–water partition coefficient (Wildman–Crippen LogP) is 0.748. The average molecular weight is 266 g/mol. The fraction of sp³-hybridized carbons (Fsp3) is 0.385. The van der Waals surface area contributed by atoms with Gasteiger partial charge < -0.3 is 15.3 Å². The number of para-hydroxylation sites is 1. The van der Waals surface area contributed by atoms with E-state index >= 15 is 0 Å². The van der Waals surface area contributed by atoms with Crippen LogP contribution in [0.1, 0.15) is 12.8 Å². The molecule has 0 aromatic heterocycles. The van der Waals surface area contributed by atoms with Gasteiger partial charge in [-0.25, -0.2) is 4.39 Å². The van der Waals surface area contributed by atoms with E-state index < -0.39 is 23.7 Å². The van der Waals surface area contributed by atoms with Crippen molar-refractivity contribution in [1.29, 1.82) is 0 Å². The number of aliphatic hydroxyl groups is 1. The molecule has 0 radical (unpaired) electrons. The van der Waals surface area contributed by atoms with Gasteiger partial charge in [-0.15, -0.1) is 0 Å². The van der Waals surface area contributed by atoms with Crippen LogP contribution >= 0.6 is 0 Å². The third kappa shape index (κ3) is 3.29. The summed E-state index contributed by atoms with van der Waals surface area (Å²) in [6, 6.07) is 5.66. The van der Waals surface area contributed by atoms with E-state index in [1.54, 1.807) is 6.07 Å². The van der Waals surface area contributed by atoms with E-state index in [0.717, 1.165) is 0 Å². The molecule has 19 heavy (non-hydrogen) atoms. The summed E-state index contributed by atoms with van der Waals surface area (Å²) in [4.78, 5) is 24.9. The van der Waals surface area contributed by atoms with Crippen molar-refractivity contribution in [3.63, 3.8) is 0 Å². The van der Waals surface area contributed by atoms with Gasteiger partial charge in [-0.1, -0.05) is 12.1 Å². The SMILES string of the molecule is O=C(Nc1ccccc1F)C(=O)N1CCC(O)CC1. The smallest absolute Gasteiger partial charge is 0.313 e. The van der Waals surface area contributed by atoms with E-state index in [1.807, 2.05) is 0 Å². The maximum absolute atomic E-state index is 13.3. The quantitative estimate of drug-likeness (QED) is 0.737. The standard InChI is InChI=1S/C13H15FN2O3/c14-10-3-1-2-4-11(10)15-12(18)13(19)16-7-5-9(17)6-8-16/h1-4,9,17H,5-8H2,(H,15,18). The normalized spacial score (nSPS) is 16.2. The van der Waals surface area contributed by atoms with Crippen LogP contribution in [0.2, 0.25) is 0 Å². The lowest BCUT2D eigenvalue weighted by Crippen LogP contribution is -2.45. The number of hydrogen-bond donors (Lipinski definition) is 2. The zero-order chi connectivity index (χ0) is 13.8. The maximum atomic E-state index is 13.3. The molecule has 6 heteroatoms. The van der Waals surface area contributed by atoms with Crippen molar-refractivity contribution in [2.75, 3.05) is 18.4 Å². The zero-order valence-electron chi connectivity index (χ0n) is 10.3. The summed E-state index contributed by atoms with van der Waals surface area (Å²) in [5.74, 6) is -2.14. The van der Waals surface area contributed by atoms with Gasteiger partial charge in [0, 0.05) is 13.1 Å². The van der Waals surface area contributed by atoms with Crippen molar-refractivity contribution in [2.45, 2.75) is 18.9 Å². The van der Waals surface area contributed by atoms with Gasteiger partial charge in [0.2, 0.25) is 0 Å². The molecule has 1 fully saturated rings. The van der Waals surface area contributed by atoms with Crippen LogP contribution in [-0.2, 0) is 9.59 Å². The topological polar surface area (TPSA) is 69.6 Å². The molecule has 1 heterocycles. The number of halogens is 1. The summed E-state index contributed by atoms with van der Waals surface area (Å²) < 4.78 is 13.3. The Kier molecular flexibility index (Phi) is 4.11.